The lowest BCUT2D eigenvalue weighted by Crippen LogP contribution is -2.32. The van der Waals surface area contributed by atoms with Gasteiger partial charge in [-0.15, -0.1) is 0 Å². The van der Waals surface area contributed by atoms with Crippen LogP contribution in [0.3, 0.4) is 0 Å². The van der Waals surface area contributed by atoms with Crippen LogP contribution in [0.25, 0.3) is 0 Å². The lowest BCUT2D eigenvalue weighted by molar-refractivity contribution is -0.0424. The van der Waals surface area contributed by atoms with Gasteiger partial charge in [0.2, 0.25) is 0 Å². The third kappa shape index (κ3) is 5.17. The van der Waals surface area contributed by atoms with Crippen molar-refractivity contribution in [2.24, 2.45) is 5.92 Å². The number of anilines is 1. The van der Waals surface area contributed by atoms with Gasteiger partial charge in [-0.3, -0.25) is 0 Å². The molecule has 0 aromatic heterocycles. The number of nitrogens with one attached hydrogen (secondary N) is 1. The molecule has 0 radical (unpaired) electrons. The number of aliphatic hydroxyl groups is 1. The minimum Gasteiger partial charge on any atom is -0.389 e. The van der Waals surface area contributed by atoms with E-state index >= 15 is 0 Å². The van der Waals surface area contributed by atoms with Crippen LogP contribution in [-0.4, -0.2) is 30.5 Å². The molecule has 1 aliphatic rings. The first-order valence-corrected chi connectivity index (χ1v) is 8.23. The van der Waals surface area contributed by atoms with Crippen LogP contribution in [0, 0.1) is 12.8 Å². The molecule has 0 amide bonds. The summed E-state index contributed by atoms with van der Waals surface area (Å²) in [5.41, 5.74) is 1.98. The Morgan fingerprint density at radius 1 is 1.38 bits per heavy atom. The number of hydrogen-bond acceptors (Lipinski definition) is 3. The highest BCUT2D eigenvalue weighted by molar-refractivity contribution is 6.33. The second-order valence-electron chi connectivity index (χ2n) is 6.15. The molecule has 118 valence electrons. The number of benzene rings is 1. The Morgan fingerprint density at radius 3 is 2.86 bits per heavy atom. The van der Waals surface area contributed by atoms with Gasteiger partial charge in [-0.25, -0.2) is 0 Å². The summed E-state index contributed by atoms with van der Waals surface area (Å²) in [6, 6.07) is 5.85. The minimum atomic E-state index is -0.517. The van der Waals surface area contributed by atoms with Crippen molar-refractivity contribution in [1.29, 1.82) is 0 Å². The lowest BCUT2D eigenvalue weighted by atomic mass is 9.88. The average molecular weight is 312 g/mol. The highest BCUT2D eigenvalue weighted by Crippen LogP contribution is 2.26. The highest BCUT2D eigenvalue weighted by atomic mass is 35.5. The standard InChI is InChI=1S/C17H26ClNO2/c1-12-7-8-16(15(18)9-12)19-10-14(20)11-21-17-6-4-3-5-13(17)2/h7-9,13-14,17,19-20H,3-6,10-11H2,1-2H3. The van der Waals surface area contributed by atoms with Crippen molar-refractivity contribution in [2.75, 3.05) is 18.5 Å². The van der Waals surface area contributed by atoms with Gasteiger partial charge in [0.25, 0.3) is 0 Å². The monoisotopic (exact) mass is 311 g/mol. The maximum Gasteiger partial charge on any atom is 0.0945 e. The van der Waals surface area contributed by atoms with Crippen LogP contribution in [0.5, 0.6) is 0 Å². The maximum absolute atomic E-state index is 10.0. The SMILES string of the molecule is Cc1ccc(NCC(O)COC2CCCCC2C)c(Cl)c1. The van der Waals surface area contributed by atoms with E-state index in [-0.39, 0.29) is 0 Å². The van der Waals surface area contributed by atoms with E-state index in [9.17, 15) is 5.11 Å². The molecule has 21 heavy (non-hydrogen) atoms. The molecular weight excluding hydrogens is 286 g/mol. The molecule has 2 rings (SSSR count). The van der Waals surface area contributed by atoms with Crippen LogP contribution < -0.4 is 5.32 Å². The fourth-order valence-corrected chi connectivity index (χ4v) is 3.12. The van der Waals surface area contributed by atoms with Crippen LogP contribution in [0.15, 0.2) is 18.2 Å². The van der Waals surface area contributed by atoms with Crippen LogP contribution in [0.1, 0.15) is 38.2 Å². The summed E-state index contributed by atoms with van der Waals surface area (Å²) in [5.74, 6) is 0.602. The number of rotatable bonds is 6. The third-order valence-corrected chi connectivity index (χ3v) is 4.50. The average Bonchev–Trinajstić information content (AvgIpc) is 2.45. The summed E-state index contributed by atoms with van der Waals surface area (Å²) < 4.78 is 5.87. The van der Waals surface area contributed by atoms with Crippen LogP contribution in [-0.2, 0) is 4.74 Å². The van der Waals surface area contributed by atoms with Gasteiger partial charge in [-0.1, -0.05) is 37.4 Å². The fourth-order valence-electron chi connectivity index (χ4n) is 2.81. The van der Waals surface area contributed by atoms with E-state index in [2.05, 4.69) is 12.2 Å². The van der Waals surface area contributed by atoms with Crippen molar-refractivity contribution < 1.29 is 9.84 Å². The number of aliphatic hydroxyl groups excluding tert-OH is 1. The van der Waals surface area contributed by atoms with Gasteiger partial charge in [-0.05, 0) is 43.4 Å². The second kappa shape index (κ2) is 8.02. The molecule has 0 aliphatic heterocycles. The second-order valence-corrected chi connectivity index (χ2v) is 6.56. The lowest BCUT2D eigenvalue weighted by Gasteiger charge is -2.29. The van der Waals surface area contributed by atoms with E-state index in [1.165, 1.54) is 19.3 Å². The summed E-state index contributed by atoms with van der Waals surface area (Å²) in [6.07, 6.45) is 4.68. The first-order valence-electron chi connectivity index (χ1n) is 7.86. The Hall–Kier alpha value is -0.770. The highest BCUT2D eigenvalue weighted by Gasteiger charge is 2.22. The molecule has 1 aliphatic carbocycles. The Morgan fingerprint density at radius 2 is 2.14 bits per heavy atom. The minimum absolute atomic E-state index is 0.302. The van der Waals surface area contributed by atoms with E-state index in [4.69, 9.17) is 16.3 Å². The Bertz CT molecular complexity index is 452. The molecule has 0 bridgehead atoms. The van der Waals surface area contributed by atoms with E-state index in [0.29, 0.717) is 30.2 Å². The summed E-state index contributed by atoms with van der Waals surface area (Å²) in [4.78, 5) is 0. The van der Waals surface area contributed by atoms with Crippen molar-refractivity contribution in [3.8, 4) is 0 Å². The summed E-state index contributed by atoms with van der Waals surface area (Å²) >= 11 is 6.16. The molecule has 4 heteroatoms. The zero-order valence-electron chi connectivity index (χ0n) is 12.9. The Labute approximate surface area is 132 Å². The first-order chi connectivity index (χ1) is 10.1. The van der Waals surface area contributed by atoms with Gasteiger partial charge in [0, 0.05) is 6.54 Å². The maximum atomic E-state index is 10.0. The van der Waals surface area contributed by atoms with E-state index < -0.39 is 6.10 Å². The van der Waals surface area contributed by atoms with Gasteiger partial charge in [0.15, 0.2) is 0 Å². The summed E-state index contributed by atoms with van der Waals surface area (Å²) in [7, 11) is 0. The fraction of sp³-hybridized carbons (Fsp3) is 0.647. The van der Waals surface area contributed by atoms with Crippen LogP contribution in [0.2, 0.25) is 5.02 Å². The van der Waals surface area contributed by atoms with Gasteiger partial charge in [-0.2, -0.15) is 0 Å². The van der Waals surface area contributed by atoms with E-state index in [1.807, 2.05) is 25.1 Å². The van der Waals surface area contributed by atoms with Crippen molar-refractivity contribution >= 4 is 17.3 Å². The van der Waals surface area contributed by atoms with E-state index in [0.717, 1.165) is 17.7 Å². The van der Waals surface area contributed by atoms with Crippen LogP contribution in [0.4, 0.5) is 5.69 Å². The van der Waals surface area contributed by atoms with Crippen molar-refractivity contribution in [3.05, 3.63) is 28.8 Å². The largest absolute Gasteiger partial charge is 0.389 e. The topological polar surface area (TPSA) is 41.5 Å². The molecule has 2 N–H and O–H groups in total. The van der Waals surface area contributed by atoms with E-state index in [1.54, 1.807) is 0 Å². The van der Waals surface area contributed by atoms with Crippen molar-refractivity contribution in [3.63, 3.8) is 0 Å². The van der Waals surface area contributed by atoms with Gasteiger partial charge < -0.3 is 15.2 Å². The zero-order valence-corrected chi connectivity index (χ0v) is 13.7. The molecule has 1 aromatic carbocycles. The van der Waals surface area contributed by atoms with Crippen molar-refractivity contribution in [2.45, 2.75) is 51.7 Å². The predicted molar refractivity (Wildman–Crippen MR) is 88.1 cm³/mol. The quantitative estimate of drug-likeness (QED) is 0.834. The molecule has 3 nitrogen and oxygen atoms in total. The van der Waals surface area contributed by atoms with Gasteiger partial charge in [0.1, 0.15) is 0 Å². The molecule has 1 saturated carbocycles. The Balaban J connectivity index is 1.73. The molecular formula is C17H26ClNO2. The summed E-state index contributed by atoms with van der Waals surface area (Å²) in [5, 5.41) is 13.9. The van der Waals surface area contributed by atoms with Gasteiger partial charge >= 0.3 is 0 Å². The first kappa shape index (κ1) is 16.6. The molecule has 1 aromatic rings. The van der Waals surface area contributed by atoms with Gasteiger partial charge in [0.05, 0.1) is 29.5 Å². The predicted octanol–water partition coefficient (Wildman–Crippen LogP) is 4.02. The van der Waals surface area contributed by atoms with Crippen molar-refractivity contribution in [1.82, 2.24) is 0 Å². The number of hydrogen-bond donors (Lipinski definition) is 2. The normalized spacial score (nSPS) is 23.8. The third-order valence-electron chi connectivity index (χ3n) is 4.19. The smallest absolute Gasteiger partial charge is 0.0945 e. The number of aryl methyl sites for hydroxylation is 1. The summed E-state index contributed by atoms with van der Waals surface area (Å²) in [6.45, 7) is 5.07. The Kier molecular flexibility index (Phi) is 6.34. The molecule has 3 unspecified atom stereocenters. The molecule has 0 spiro atoms. The molecule has 0 saturated heterocycles. The molecule has 1 fully saturated rings. The van der Waals surface area contributed by atoms with Crippen LogP contribution >= 0.6 is 11.6 Å². The molecule has 0 heterocycles. The number of ether oxygens (including phenoxy) is 1. The molecule has 3 atom stereocenters. The number of halogens is 1. The zero-order chi connectivity index (χ0) is 15.2.